The molecule has 0 aromatic rings. The highest BCUT2D eigenvalue weighted by Crippen LogP contribution is 2.12. The third-order valence-corrected chi connectivity index (χ3v) is 10.8. The van der Waals surface area contributed by atoms with Crippen LogP contribution in [0.3, 0.4) is 0 Å². The van der Waals surface area contributed by atoms with E-state index in [9.17, 15) is 14.4 Å². The van der Waals surface area contributed by atoms with Crippen molar-refractivity contribution in [3.8, 4) is 0 Å². The average Bonchev–Trinajstić information content (AvgIpc) is 3.33. The smallest absolute Gasteiger partial charge is 0.306 e. The second kappa shape index (κ2) is 54.2. The molecule has 0 radical (unpaired) electrons. The van der Waals surface area contributed by atoms with Crippen LogP contribution in [0.2, 0.25) is 0 Å². The number of hydrogen-bond donors (Lipinski definition) is 0. The number of hydrogen-bond acceptors (Lipinski definition) is 6. The van der Waals surface area contributed by atoms with Crippen LogP contribution >= 0.6 is 0 Å². The summed E-state index contributed by atoms with van der Waals surface area (Å²) in [5, 5.41) is 0. The molecule has 0 heterocycles. The lowest BCUT2D eigenvalue weighted by Crippen LogP contribution is -2.30. The Hall–Kier alpha value is -4.45. The predicted octanol–water partition coefficient (Wildman–Crippen LogP) is 17.9. The van der Waals surface area contributed by atoms with Gasteiger partial charge in [0.05, 0.1) is 0 Å². The molecule has 6 nitrogen and oxygen atoms in total. The van der Waals surface area contributed by atoms with Crippen LogP contribution in [0.15, 0.2) is 134 Å². The normalized spacial score (nSPS) is 13.2. The lowest BCUT2D eigenvalue weighted by atomic mass is 10.1. The topological polar surface area (TPSA) is 78.9 Å². The van der Waals surface area contributed by atoms with Gasteiger partial charge in [-0.25, -0.2) is 0 Å². The highest BCUT2D eigenvalue weighted by atomic mass is 16.6. The van der Waals surface area contributed by atoms with Crippen molar-refractivity contribution >= 4 is 17.9 Å². The molecule has 0 aliphatic rings. The van der Waals surface area contributed by atoms with E-state index in [2.05, 4.69) is 130 Å². The molecule has 1 unspecified atom stereocenters. The van der Waals surface area contributed by atoms with Gasteiger partial charge in [0, 0.05) is 19.3 Å². The van der Waals surface area contributed by atoms with Crippen LogP contribution in [0, 0.1) is 0 Å². The third-order valence-electron chi connectivity index (χ3n) is 10.8. The lowest BCUT2D eigenvalue weighted by molar-refractivity contribution is -0.167. The average molecular weight is 925 g/mol. The summed E-state index contributed by atoms with van der Waals surface area (Å²) in [5.74, 6) is -0.995. The molecule has 0 rings (SSSR count). The fourth-order valence-corrected chi connectivity index (χ4v) is 6.80. The molecule has 0 N–H and O–H groups in total. The second-order valence-electron chi connectivity index (χ2n) is 17.2. The van der Waals surface area contributed by atoms with E-state index in [-0.39, 0.29) is 37.5 Å². The molecule has 0 aliphatic heterocycles. The highest BCUT2D eigenvalue weighted by molar-refractivity contribution is 5.71. The van der Waals surface area contributed by atoms with Gasteiger partial charge >= 0.3 is 17.9 Å². The number of rotatable bonds is 46. The minimum Gasteiger partial charge on any atom is -0.462 e. The number of carbonyl (C=O) groups excluding carboxylic acids is 3. The first-order chi connectivity index (χ1) is 33.0. The maximum atomic E-state index is 12.8. The largest absolute Gasteiger partial charge is 0.462 e. The van der Waals surface area contributed by atoms with Crippen molar-refractivity contribution < 1.29 is 28.6 Å². The van der Waals surface area contributed by atoms with Gasteiger partial charge in [0.25, 0.3) is 0 Å². The Morgan fingerprint density at radius 2 is 0.657 bits per heavy atom. The molecule has 0 amide bonds. The standard InChI is InChI=1S/C61H96O6/c1-4-7-10-13-16-19-22-25-28-30-31-34-36-39-42-45-48-51-54-60(63)66-57-58(56-65-59(62)53-50-47-44-41-38-35-32-27-24-21-18-15-12-9-6-3)67-61(64)55-52-49-46-43-40-37-33-29-26-23-20-17-14-11-8-5-2/h8-9,11-12,15,17-18,20-22,24-32,34,37,40,58H,4-7,10,13-14,16,19,23,33,35-36,38-39,41-57H2,1-3H3/b11-8-,12-9-,18-15-,20-17-,24-21-,25-22-,29-26-,30-28-,32-27-,34-31-,40-37-. The van der Waals surface area contributed by atoms with Gasteiger partial charge in [-0.3, -0.25) is 14.4 Å². The number of unbranched alkanes of at least 4 members (excludes halogenated alkanes) is 18. The van der Waals surface area contributed by atoms with Crippen molar-refractivity contribution in [3.05, 3.63) is 134 Å². The van der Waals surface area contributed by atoms with E-state index in [0.717, 1.165) is 135 Å². The minimum absolute atomic E-state index is 0.115. The van der Waals surface area contributed by atoms with E-state index >= 15 is 0 Å². The van der Waals surface area contributed by atoms with Crippen molar-refractivity contribution in [3.63, 3.8) is 0 Å². The van der Waals surface area contributed by atoms with Gasteiger partial charge in [-0.1, -0.05) is 225 Å². The zero-order chi connectivity index (χ0) is 48.6. The van der Waals surface area contributed by atoms with E-state index < -0.39 is 6.10 Å². The molecule has 376 valence electrons. The molecule has 0 saturated heterocycles. The maximum absolute atomic E-state index is 12.8. The van der Waals surface area contributed by atoms with Gasteiger partial charge in [0.1, 0.15) is 13.2 Å². The summed E-state index contributed by atoms with van der Waals surface area (Å²) < 4.78 is 16.8. The highest BCUT2D eigenvalue weighted by Gasteiger charge is 2.19. The zero-order valence-corrected chi connectivity index (χ0v) is 42.9. The summed E-state index contributed by atoms with van der Waals surface area (Å²) in [4.78, 5) is 38.1. The van der Waals surface area contributed by atoms with Crippen molar-refractivity contribution in [1.82, 2.24) is 0 Å². The van der Waals surface area contributed by atoms with Gasteiger partial charge in [-0.2, -0.15) is 0 Å². The van der Waals surface area contributed by atoms with Crippen LogP contribution in [0.1, 0.15) is 213 Å². The Morgan fingerprint density at radius 1 is 0.328 bits per heavy atom. The molecule has 0 saturated carbocycles. The van der Waals surface area contributed by atoms with Crippen LogP contribution in [-0.4, -0.2) is 37.2 Å². The maximum Gasteiger partial charge on any atom is 0.306 e. The Bertz CT molecular complexity index is 1480. The van der Waals surface area contributed by atoms with Crippen LogP contribution in [-0.2, 0) is 28.6 Å². The molecule has 0 fully saturated rings. The van der Waals surface area contributed by atoms with E-state index in [1.807, 2.05) is 24.3 Å². The zero-order valence-electron chi connectivity index (χ0n) is 42.9. The molecule has 1 atom stereocenters. The first kappa shape index (κ1) is 62.5. The third kappa shape index (κ3) is 52.4. The van der Waals surface area contributed by atoms with Crippen LogP contribution < -0.4 is 0 Å². The van der Waals surface area contributed by atoms with Crippen molar-refractivity contribution in [1.29, 1.82) is 0 Å². The summed E-state index contributed by atoms with van der Waals surface area (Å²) >= 11 is 0. The number of carbonyl (C=O) groups is 3. The van der Waals surface area contributed by atoms with E-state index in [0.29, 0.717) is 19.3 Å². The molecule has 67 heavy (non-hydrogen) atoms. The fraction of sp³-hybridized carbons (Fsp3) is 0.590. The molecule has 0 aliphatic carbocycles. The monoisotopic (exact) mass is 925 g/mol. The Morgan fingerprint density at radius 3 is 1.10 bits per heavy atom. The molecule has 0 spiro atoms. The summed E-state index contributed by atoms with van der Waals surface area (Å²) in [5.41, 5.74) is 0. The first-order valence-electron chi connectivity index (χ1n) is 26.8. The van der Waals surface area contributed by atoms with Crippen LogP contribution in [0.5, 0.6) is 0 Å². The van der Waals surface area contributed by atoms with Crippen molar-refractivity contribution in [2.45, 2.75) is 219 Å². The Labute approximate surface area is 411 Å². The molecule has 0 aromatic heterocycles. The second-order valence-corrected chi connectivity index (χ2v) is 17.2. The number of allylic oxidation sites excluding steroid dienone is 22. The molecular weight excluding hydrogens is 829 g/mol. The van der Waals surface area contributed by atoms with Crippen LogP contribution in [0.4, 0.5) is 0 Å². The van der Waals surface area contributed by atoms with Gasteiger partial charge < -0.3 is 14.2 Å². The molecule has 6 heteroatoms. The van der Waals surface area contributed by atoms with Crippen molar-refractivity contribution in [2.24, 2.45) is 0 Å². The van der Waals surface area contributed by atoms with Gasteiger partial charge in [0.15, 0.2) is 6.10 Å². The molecule has 0 aromatic carbocycles. The first-order valence-corrected chi connectivity index (χ1v) is 26.8. The van der Waals surface area contributed by atoms with Gasteiger partial charge in [-0.05, 0) is 103 Å². The van der Waals surface area contributed by atoms with Gasteiger partial charge in [0.2, 0.25) is 0 Å². The number of ether oxygens (including phenoxy) is 3. The van der Waals surface area contributed by atoms with E-state index in [1.54, 1.807) is 0 Å². The SMILES string of the molecule is CC\C=C/C=C\C=C/C=C\CCCCCCCC(=O)OCC(COC(=O)CCCCCCC\C=C/C=C\C=C/CCCCCCC)OC(=O)CCCCC/C=C\C/C=C\C/C=C\C/C=C\CC. The molecule has 0 bridgehead atoms. The lowest BCUT2D eigenvalue weighted by Gasteiger charge is -2.18. The summed E-state index contributed by atoms with van der Waals surface area (Å²) in [6.07, 6.45) is 75.7. The summed E-state index contributed by atoms with van der Waals surface area (Å²) in [7, 11) is 0. The Kier molecular flexibility index (Phi) is 50.6. The Balaban J connectivity index is 4.55. The number of esters is 3. The predicted molar refractivity (Wildman–Crippen MR) is 288 cm³/mol. The van der Waals surface area contributed by atoms with Crippen LogP contribution in [0.25, 0.3) is 0 Å². The van der Waals surface area contributed by atoms with Crippen molar-refractivity contribution in [2.75, 3.05) is 13.2 Å². The summed E-state index contributed by atoms with van der Waals surface area (Å²) in [6.45, 7) is 6.29. The van der Waals surface area contributed by atoms with E-state index in [1.165, 1.54) is 32.1 Å². The fourth-order valence-electron chi connectivity index (χ4n) is 6.80. The quantitative estimate of drug-likeness (QED) is 0.0199. The van der Waals surface area contributed by atoms with Gasteiger partial charge in [-0.15, -0.1) is 0 Å². The summed E-state index contributed by atoms with van der Waals surface area (Å²) in [6, 6.07) is 0. The van der Waals surface area contributed by atoms with E-state index in [4.69, 9.17) is 14.2 Å². The minimum atomic E-state index is -0.819. The molecular formula is C61H96O6.